The summed E-state index contributed by atoms with van der Waals surface area (Å²) < 4.78 is 8.82. The van der Waals surface area contributed by atoms with Gasteiger partial charge in [0.05, 0.1) is 6.54 Å². The first-order chi connectivity index (χ1) is 24.7. The number of rotatable bonds is 6. The van der Waals surface area contributed by atoms with E-state index in [1.54, 1.807) is 11.3 Å². The average molecular weight is 664 g/mol. The highest BCUT2D eigenvalue weighted by molar-refractivity contribution is 7.25. The summed E-state index contributed by atoms with van der Waals surface area (Å²) in [6.45, 7) is 0.495. The summed E-state index contributed by atoms with van der Waals surface area (Å²) in [4.78, 5) is 10.1. The molecule has 0 aliphatic heterocycles. The molecule has 0 saturated carbocycles. The van der Waals surface area contributed by atoms with Gasteiger partial charge < -0.3 is 10.2 Å². The smallest absolute Gasteiger partial charge is 0.157 e. The molecular weight excluding hydrogens is 631 g/mol. The number of benzene rings is 6. The van der Waals surface area contributed by atoms with E-state index in [1.165, 1.54) is 36.9 Å². The number of aliphatic imine (C=N–C) groups is 2. The largest absolute Gasteiger partial charge is 0.456 e. The van der Waals surface area contributed by atoms with E-state index in [9.17, 15) is 0 Å². The van der Waals surface area contributed by atoms with Gasteiger partial charge in [-0.25, -0.2) is 4.99 Å². The zero-order chi connectivity index (χ0) is 33.4. The van der Waals surface area contributed by atoms with Crippen molar-refractivity contribution in [1.29, 1.82) is 0 Å². The predicted molar refractivity (Wildman–Crippen MR) is 211 cm³/mol. The lowest BCUT2D eigenvalue weighted by Crippen LogP contribution is -2.17. The summed E-state index contributed by atoms with van der Waals surface area (Å²) in [5.41, 5.74) is 15.2. The number of amidine groups is 2. The fourth-order valence-electron chi connectivity index (χ4n) is 6.98. The molecule has 9 rings (SSSR count). The minimum atomic E-state index is 0.274. The quantitative estimate of drug-likeness (QED) is 0.142. The molecule has 1 unspecified atom stereocenters. The third-order valence-electron chi connectivity index (χ3n) is 9.55. The maximum atomic E-state index is 6.96. The Balaban J connectivity index is 1.11. The van der Waals surface area contributed by atoms with E-state index in [1.807, 2.05) is 36.4 Å². The van der Waals surface area contributed by atoms with Gasteiger partial charge in [-0.2, -0.15) is 0 Å². The van der Waals surface area contributed by atoms with Gasteiger partial charge in [0.25, 0.3) is 0 Å². The van der Waals surface area contributed by atoms with Crippen molar-refractivity contribution >= 4 is 70.7 Å². The molecule has 4 nitrogen and oxygen atoms in total. The van der Waals surface area contributed by atoms with Crippen molar-refractivity contribution in [2.24, 2.45) is 15.7 Å². The fourth-order valence-corrected chi connectivity index (χ4v) is 8.13. The lowest BCUT2D eigenvalue weighted by Gasteiger charge is -2.17. The Labute approximate surface area is 294 Å². The topological polar surface area (TPSA) is 63.9 Å². The molecule has 0 bridgehead atoms. The number of fused-ring (bicyclic) bond motifs is 6. The van der Waals surface area contributed by atoms with Gasteiger partial charge in [-0.15, -0.1) is 11.3 Å². The Kier molecular flexibility index (Phi) is 7.68. The number of allylic oxidation sites excluding steroid dienone is 4. The van der Waals surface area contributed by atoms with Crippen LogP contribution in [-0.4, -0.2) is 11.7 Å². The first kappa shape index (κ1) is 30.1. The molecule has 1 aliphatic rings. The first-order valence-electron chi connectivity index (χ1n) is 16.9. The molecule has 240 valence electrons. The van der Waals surface area contributed by atoms with Gasteiger partial charge in [-0.1, -0.05) is 127 Å². The highest BCUT2D eigenvalue weighted by Gasteiger charge is 2.18. The molecule has 0 fully saturated rings. The summed E-state index contributed by atoms with van der Waals surface area (Å²) in [5, 5.41) is 4.50. The minimum Gasteiger partial charge on any atom is -0.456 e. The van der Waals surface area contributed by atoms with Gasteiger partial charge >= 0.3 is 0 Å². The number of nitrogens with zero attached hydrogens (tertiary/aromatic N) is 2. The van der Waals surface area contributed by atoms with E-state index >= 15 is 0 Å². The van der Waals surface area contributed by atoms with Crippen LogP contribution in [0.3, 0.4) is 0 Å². The van der Waals surface area contributed by atoms with Crippen LogP contribution in [-0.2, 0) is 6.54 Å². The Morgan fingerprint density at radius 1 is 0.720 bits per heavy atom. The van der Waals surface area contributed by atoms with Crippen molar-refractivity contribution in [1.82, 2.24) is 0 Å². The molecule has 1 aliphatic carbocycles. The van der Waals surface area contributed by atoms with E-state index in [-0.39, 0.29) is 5.92 Å². The highest BCUT2D eigenvalue weighted by atomic mass is 32.1. The SMILES string of the molecule is NC(=NC(=NCc1ccccc1)c1ccc2c(c1)sc1ccccc12)c1cccc2oc3ccc(C4C=CC(c5ccccc5)=CC4)cc3c12. The lowest BCUT2D eigenvalue weighted by atomic mass is 9.87. The summed E-state index contributed by atoms with van der Waals surface area (Å²) in [6.07, 6.45) is 7.82. The molecular formula is C45H33N3OS. The van der Waals surface area contributed by atoms with Crippen molar-refractivity contribution in [2.75, 3.05) is 0 Å². The third kappa shape index (κ3) is 5.62. The molecule has 8 aromatic rings. The minimum absolute atomic E-state index is 0.274. The van der Waals surface area contributed by atoms with Gasteiger partial charge in [0, 0.05) is 48.0 Å². The molecule has 2 aromatic heterocycles. The van der Waals surface area contributed by atoms with E-state index in [4.69, 9.17) is 20.1 Å². The van der Waals surface area contributed by atoms with Crippen LogP contribution >= 0.6 is 11.3 Å². The molecule has 2 N–H and O–H groups in total. The third-order valence-corrected chi connectivity index (χ3v) is 10.7. The number of thiophene rings is 1. The molecule has 0 radical (unpaired) electrons. The van der Waals surface area contributed by atoms with Crippen molar-refractivity contribution in [2.45, 2.75) is 18.9 Å². The van der Waals surface area contributed by atoms with Crippen LogP contribution < -0.4 is 5.73 Å². The van der Waals surface area contributed by atoms with Crippen LogP contribution in [0.4, 0.5) is 0 Å². The van der Waals surface area contributed by atoms with Gasteiger partial charge in [0.1, 0.15) is 17.0 Å². The summed E-state index contributed by atoms with van der Waals surface area (Å²) in [7, 11) is 0. The highest BCUT2D eigenvalue weighted by Crippen LogP contribution is 2.37. The van der Waals surface area contributed by atoms with Crippen molar-refractivity contribution in [3.63, 3.8) is 0 Å². The standard InChI is InChI=1S/C45H33N3OS/c46-44(48-45(47-28-29-10-3-1-4-11-29)34-22-24-36-35-14-7-8-17-41(35)50-42(36)27-34)37-15-9-16-40-43(37)38-26-33(23-25-39(38)49-40)32-20-18-31(19-21-32)30-12-5-2-6-13-30/h1-20,22-27,32H,21,28H2,(H2,46,47,48). The normalized spacial score (nSPS) is 15.4. The zero-order valence-corrected chi connectivity index (χ0v) is 28.1. The first-order valence-corrected chi connectivity index (χ1v) is 17.7. The van der Waals surface area contributed by atoms with E-state index in [0.29, 0.717) is 18.2 Å². The van der Waals surface area contributed by atoms with Crippen LogP contribution in [0.2, 0.25) is 0 Å². The Hall–Kier alpha value is -6.04. The molecule has 1 atom stereocenters. The molecule has 5 heteroatoms. The van der Waals surface area contributed by atoms with E-state index in [2.05, 4.69) is 121 Å². The summed E-state index contributed by atoms with van der Waals surface area (Å²) >= 11 is 1.78. The molecule has 2 heterocycles. The number of hydrogen-bond acceptors (Lipinski definition) is 3. The Bertz CT molecular complexity index is 2660. The van der Waals surface area contributed by atoms with E-state index in [0.717, 1.165) is 45.0 Å². The van der Waals surface area contributed by atoms with Crippen LogP contribution in [0, 0.1) is 0 Å². The van der Waals surface area contributed by atoms with Crippen LogP contribution in [0.5, 0.6) is 0 Å². The zero-order valence-electron chi connectivity index (χ0n) is 27.3. The van der Waals surface area contributed by atoms with Gasteiger partial charge in [-0.3, -0.25) is 4.99 Å². The molecule has 0 spiro atoms. The lowest BCUT2D eigenvalue weighted by molar-refractivity contribution is 0.668. The number of furan rings is 1. The van der Waals surface area contributed by atoms with Crippen LogP contribution in [0.15, 0.2) is 172 Å². The maximum absolute atomic E-state index is 6.96. The maximum Gasteiger partial charge on any atom is 0.157 e. The monoisotopic (exact) mass is 663 g/mol. The average Bonchev–Trinajstić information content (AvgIpc) is 3.75. The van der Waals surface area contributed by atoms with E-state index < -0.39 is 0 Å². The van der Waals surface area contributed by atoms with Crippen molar-refractivity contribution < 1.29 is 4.42 Å². The molecule has 0 amide bonds. The second kappa shape index (κ2) is 12.8. The van der Waals surface area contributed by atoms with Gasteiger partial charge in [0.15, 0.2) is 5.84 Å². The summed E-state index contributed by atoms with van der Waals surface area (Å²) in [6, 6.07) is 48.3. The van der Waals surface area contributed by atoms with Crippen molar-refractivity contribution in [3.8, 4) is 0 Å². The van der Waals surface area contributed by atoms with Crippen LogP contribution in [0.25, 0.3) is 47.7 Å². The van der Waals surface area contributed by atoms with Gasteiger partial charge in [0.2, 0.25) is 0 Å². The molecule has 50 heavy (non-hydrogen) atoms. The second-order valence-electron chi connectivity index (χ2n) is 12.7. The second-order valence-corrected chi connectivity index (χ2v) is 13.8. The Morgan fingerprint density at radius 2 is 1.52 bits per heavy atom. The summed E-state index contributed by atoms with van der Waals surface area (Å²) in [5.74, 6) is 1.28. The fraction of sp³-hybridized carbons (Fsp3) is 0.0667. The predicted octanol–water partition coefficient (Wildman–Crippen LogP) is 11.4. The van der Waals surface area contributed by atoms with Gasteiger partial charge in [-0.05, 0) is 59.0 Å². The van der Waals surface area contributed by atoms with Crippen LogP contribution in [0.1, 0.15) is 40.2 Å². The number of hydrogen-bond donors (Lipinski definition) is 1. The molecule has 6 aromatic carbocycles. The number of nitrogens with two attached hydrogens (primary N) is 1. The van der Waals surface area contributed by atoms with Crippen molar-refractivity contribution in [3.05, 3.63) is 186 Å². The molecule has 0 saturated heterocycles. The Morgan fingerprint density at radius 3 is 2.36 bits per heavy atom.